The molecule has 0 spiro atoms. The minimum absolute atomic E-state index is 0.0118. The van der Waals surface area contributed by atoms with Crippen LogP contribution in [0.25, 0.3) is 0 Å². The Morgan fingerprint density at radius 3 is 2.73 bits per heavy atom. The van der Waals surface area contributed by atoms with Crippen LogP contribution in [0.5, 0.6) is 5.75 Å². The molecule has 22 heavy (non-hydrogen) atoms. The van der Waals surface area contributed by atoms with Crippen molar-refractivity contribution in [2.75, 3.05) is 5.32 Å². The SMILES string of the molecule is O=C(Oc1ccc(Br)cc1Cl)c1ccc(NC(=O)C2CC2)s1. The van der Waals surface area contributed by atoms with E-state index in [-0.39, 0.29) is 11.8 Å². The second-order valence-electron chi connectivity index (χ2n) is 4.89. The van der Waals surface area contributed by atoms with Crippen LogP contribution in [0.4, 0.5) is 5.00 Å². The molecule has 1 N–H and O–H groups in total. The lowest BCUT2D eigenvalue weighted by Gasteiger charge is -2.05. The van der Waals surface area contributed by atoms with E-state index in [0.29, 0.717) is 20.7 Å². The average molecular weight is 401 g/mol. The van der Waals surface area contributed by atoms with Gasteiger partial charge in [-0.2, -0.15) is 0 Å². The van der Waals surface area contributed by atoms with E-state index in [1.54, 1.807) is 30.3 Å². The van der Waals surface area contributed by atoms with Crippen LogP contribution < -0.4 is 10.1 Å². The third kappa shape index (κ3) is 3.69. The van der Waals surface area contributed by atoms with Gasteiger partial charge in [0, 0.05) is 10.4 Å². The molecule has 0 atom stereocenters. The van der Waals surface area contributed by atoms with Gasteiger partial charge in [0.25, 0.3) is 0 Å². The summed E-state index contributed by atoms with van der Waals surface area (Å²) >= 11 is 10.5. The van der Waals surface area contributed by atoms with Crippen LogP contribution in [0.3, 0.4) is 0 Å². The molecule has 0 saturated heterocycles. The highest BCUT2D eigenvalue weighted by Gasteiger charge is 2.30. The van der Waals surface area contributed by atoms with Gasteiger partial charge in [-0.05, 0) is 43.2 Å². The van der Waals surface area contributed by atoms with Crippen molar-refractivity contribution in [2.45, 2.75) is 12.8 Å². The standard InChI is InChI=1S/C15H11BrClNO3S/c16-9-3-4-11(10(17)7-9)21-15(20)12-5-6-13(22-12)18-14(19)8-1-2-8/h3-8H,1-2H2,(H,18,19). The lowest BCUT2D eigenvalue weighted by molar-refractivity contribution is -0.117. The number of halogens is 2. The van der Waals surface area contributed by atoms with Gasteiger partial charge in [-0.1, -0.05) is 27.5 Å². The van der Waals surface area contributed by atoms with E-state index in [1.807, 2.05) is 0 Å². The van der Waals surface area contributed by atoms with Crippen LogP contribution in [0.2, 0.25) is 5.02 Å². The Kier molecular flexibility index (Phi) is 4.52. The highest BCUT2D eigenvalue weighted by Crippen LogP contribution is 2.32. The molecule has 1 aliphatic rings. The van der Waals surface area contributed by atoms with E-state index in [4.69, 9.17) is 16.3 Å². The summed E-state index contributed by atoms with van der Waals surface area (Å²) in [4.78, 5) is 24.2. The van der Waals surface area contributed by atoms with Gasteiger partial charge in [0.15, 0.2) is 0 Å². The Morgan fingerprint density at radius 1 is 1.27 bits per heavy atom. The monoisotopic (exact) mass is 399 g/mol. The first-order valence-corrected chi connectivity index (χ1v) is 8.59. The Bertz CT molecular complexity index is 742. The Balaban J connectivity index is 1.67. The molecule has 7 heteroatoms. The molecule has 1 fully saturated rings. The largest absolute Gasteiger partial charge is 0.421 e. The molecule has 2 aromatic rings. The van der Waals surface area contributed by atoms with Gasteiger partial charge in [0.1, 0.15) is 10.6 Å². The molecule has 1 aliphatic carbocycles. The zero-order valence-electron chi connectivity index (χ0n) is 11.3. The second-order valence-corrected chi connectivity index (χ2v) is 7.30. The predicted molar refractivity (Wildman–Crippen MR) is 89.8 cm³/mol. The second kappa shape index (κ2) is 6.40. The van der Waals surface area contributed by atoms with Crippen LogP contribution in [0, 0.1) is 5.92 Å². The first-order chi connectivity index (χ1) is 10.5. The number of benzene rings is 1. The lowest BCUT2D eigenvalue weighted by atomic mass is 10.3. The molecule has 4 nitrogen and oxygen atoms in total. The van der Waals surface area contributed by atoms with Crippen LogP contribution in [0.1, 0.15) is 22.5 Å². The Hall–Kier alpha value is -1.37. The maximum Gasteiger partial charge on any atom is 0.353 e. The topological polar surface area (TPSA) is 55.4 Å². The first-order valence-electron chi connectivity index (χ1n) is 6.61. The van der Waals surface area contributed by atoms with E-state index in [0.717, 1.165) is 17.3 Å². The third-order valence-corrected chi connectivity index (χ3v) is 4.87. The van der Waals surface area contributed by atoms with Gasteiger partial charge in [-0.25, -0.2) is 4.79 Å². The molecule has 1 saturated carbocycles. The van der Waals surface area contributed by atoms with Crippen molar-refractivity contribution in [1.29, 1.82) is 0 Å². The van der Waals surface area contributed by atoms with Crippen LogP contribution in [-0.4, -0.2) is 11.9 Å². The summed E-state index contributed by atoms with van der Waals surface area (Å²) < 4.78 is 6.07. The van der Waals surface area contributed by atoms with Gasteiger partial charge in [-0.15, -0.1) is 11.3 Å². The molecule has 1 aromatic heterocycles. The summed E-state index contributed by atoms with van der Waals surface area (Å²) in [7, 11) is 0. The first kappa shape index (κ1) is 15.5. The van der Waals surface area contributed by atoms with Crippen LogP contribution in [-0.2, 0) is 4.79 Å². The van der Waals surface area contributed by atoms with Crippen LogP contribution >= 0.6 is 38.9 Å². The molecular weight excluding hydrogens is 390 g/mol. The smallest absolute Gasteiger partial charge is 0.353 e. The zero-order valence-corrected chi connectivity index (χ0v) is 14.4. The van der Waals surface area contributed by atoms with Gasteiger partial charge < -0.3 is 10.1 Å². The fourth-order valence-electron chi connectivity index (χ4n) is 1.79. The molecule has 0 unspecified atom stereocenters. The summed E-state index contributed by atoms with van der Waals surface area (Å²) in [5, 5.41) is 3.79. The van der Waals surface area contributed by atoms with E-state index < -0.39 is 5.97 Å². The number of hydrogen-bond donors (Lipinski definition) is 1. The van der Waals surface area contributed by atoms with Gasteiger partial charge in [0.2, 0.25) is 5.91 Å². The highest BCUT2D eigenvalue weighted by molar-refractivity contribution is 9.10. The van der Waals surface area contributed by atoms with Crippen molar-refractivity contribution in [2.24, 2.45) is 5.92 Å². The van der Waals surface area contributed by atoms with E-state index in [1.165, 1.54) is 11.3 Å². The molecule has 1 heterocycles. The summed E-state index contributed by atoms with van der Waals surface area (Å²) in [6.07, 6.45) is 1.88. The van der Waals surface area contributed by atoms with Crippen molar-refractivity contribution >= 4 is 55.7 Å². The number of ether oxygens (including phenoxy) is 1. The van der Waals surface area contributed by atoms with E-state index >= 15 is 0 Å². The molecule has 1 amide bonds. The number of thiophene rings is 1. The summed E-state index contributed by atoms with van der Waals surface area (Å²) in [5.74, 6) is -0.0650. The maximum atomic E-state index is 12.1. The highest BCUT2D eigenvalue weighted by atomic mass is 79.9. The molecular formula is C15H11BrClNO3S. The summed E-state index contributed by atoms with van der Waals surface area (Å²) in [5.41, 5.74) is 0. The van der Waals surface area contributed by atoms with Crippen molar-refractivity contribution in [3.05, 3.63) is 44.7 Å². The number of carbonyl (C=O) groups is 2. The predicted octanol–water partition coefficient (Wildman–Crippen LogP) is 4.73. The quantitative estimate of drug-likeness (QED) is 0.596. The van der Waals surface area contributed by atoms with Gasteiger partial charge in [0.05, 0.1) is 10.0 Å². The minimum Gasteiger partial charge on any atom is -0.421 e. The number of carbonyl (C=O) groups excluding carboxylic acids is 2. The number of amides is 1. The fourth-order valence-corrected chi connectivity index (χ4v) is 3.29. The lowest BCUT2D eigenvalue weighted by Crippen LogP contribution is -2.12. The maximum absolute atomic E-state index is 12.1. The van der Waals surface area contributed by atoms with Crippen molar-refractivity contribution in [3.8, 4) is 5.75 Å². The molecule has 3 rings (SSSR count). The summed E-state index contributed by atoms with van der Waals surface area (Å²) in [6, 6.07) is 8.34. The number of hydrogen-bond acceptors (Lipinski definition) is 4. The van der Waals surface area contributed by atoms with Gasteiger partial charge in [-0.3, -0.25) is 4.79 Å². The number of nitrogens with one attached hydrogen (secondary N) is 1. The molecule has 0 bridgehead atoms. The van der Waals surface area contributed by atoms with Crippen molar-refractivity contribution < 1.29 is 14.3 Å². The van der Waals surface area contributed by atoms with Crippen LogP contribution in [0.15, 0.2) is 34.8 Å². The Morgan fingerprint density at radius 2 is 2.05 bits per heavy atom. The molecule has 114 valence electrons. The Labute approximate surface area is 144 Å². The third-order valence-electron chi connectivity index (χ3n) is 3.10. The van der Waals surface area contributed by atoms with E-state index in [2.05, 4.69) is 21.2 Å². The van der Waals surface area contributed by atoms with Gasteiger partial charge >= 0.3 is 5.97 Å². The number of esters is 1. The fraction of sp³-hybridized carbons (Fsp3) is 0.200. The normalized spacial score (nSPS) is 13.7. The average Bonchev–Trinajstić information content (AvgIpc) is 3.22. The minimum atomic E-state index is -0.499. The van der Waals surface area contributed by atoms with Crippen molar-refractivity contribution in [3.63, 3.8) is 0 Å². The van der Waals surface area contributed by atoms with E-state index in [9.17, 15) is 9.59 Å². The molecule has 1 aromatic carbocycles. The molecule has 0 aliphatic heterocycles. The zero-order chi connectivity index (χ0) is 15.7. The number of anilines is 1. The summed E-state index contributed by atoms with van der Waals surface area (Å²) in [6.45, 7) is 0. The number of rotatable bonds is 4. The molecule has 0 radical (unpaired) electrons. The van der Waals surface area contributed by atoms with Crippen molar-refractivity contribution in [1.82, 2.24) is 0 Å².